The van der Waals surface area contributed by atoms with Crippen LogP contribution in [0, 0.1) is 6.54 Å². The van der Waals surface area contributed by atoms with Crippen molar-refractivity contribution in [1.29, 1.82) is 0 Å². The zero-order valence-corrected chi connectivity index (χ0v) is 11.6. The van der Waals surface area contributed by atoms with Crippen LogP contribution in [-0.2, 0) is 11.2 Å². The van der Waals surface area contributed by atoms with Gasteiger partial charge < -0.3 is 9.64 Å². The molecule has 1 heterocycles. The van der Waals surface area contributed by atoms with E-state index in [4.69, 9.17) is 4.74 Å². The molecule has 3 nitrogen and oxygen atoms in total. The summed E-state index contributed by atoms with van der Waals surface area (Å²) in [5.41, 5.74) is 1.94. The molecular formula is C14H18LiNO2. The molecule has 0 radical (unpaired) electrons. The summed E-state index contributed by atoms with van der Waals surface area (Å²) in [5.74, 6) is 0. The third kappa shape index (κ3) is 3.73. The fourth-order valence-corrected chi connectivity index (χ4v) is 1.83. The molecule has 4 heteroatoms. The number of rotatable bonds is 0. The van der Waals surface area contributed by atoms with Crippen LogP contribution in [0.1, 0.15) is 31.9 Å². The Hall–Kier alpha value is -1.04. The van der Waals surface area contributed by atoms with Crippen molar-refractivity contribution in [2.24, 2.45) is 0 Å². The fraction of sp³-hybridized carbons (Fsp3) is 0.429. The van der Waals surface area contributed by atoms with Crippen LogP contribution in [0.25, 0.3) is 0 Å². The predicted molar refractivity (Wildman–Crippen MR) is 66.5 cm³/mol. The number of fused-ring (bicyclic) bond motifs is 1. The summed E-state index contributed by atoms with van der Waals surface area (Å²) in [5, 5.41) is 0. The minimum absolute atomic E-state index is 0. The van der Waals surface area contributed by atoms with Crippen molar-refractivity contribution < 1.29 is 28.4 Å². The summed E-state index contributed by atoms with van der Waals surface area (Å²) in [6.07, 6.45) is 0.610. The summed E-state index contributed by atoms with van der Waals surface area (Å²) >= 11 is 0. The molecule has 0 aromatic heterocycles. The number of hydrogen-bond donors (Lipinski definition) is 0. The number of carbonyl (C=O) groups excluding carboxylic acids is 1. The smallest absolute Gasteiger partial charge is 0.444 e. The summed E-state index contributed by atoms with van der Waals surface area (Å²) in [7, 11) is 0. The molecule has 1 aromatic carbocycles. The Balaban J connectivity index is 0.00000162. The van der Waals surface area contributed by atoms with E-state index in [0.29, 0.717) is 6.54 Å². The third-order valence-electron chi connectivity index (χ3n) is 2.60. The van der Waals surface area contributed by atoms with Gasteiger partial charge in [-0.1, -0.05) is 19.0 Å². The van der Waals surface area contributed by atoms with E-state index in [-0.39, 0.29) is 25.0 Å². The molecule has 2 rings (SSSR count). The van der Waals surface area contributed by atoms with Gasteiger partial charge in [0.15, 0.2) is 0 Å². The average Bonchev–Trinajstić information content (AvgIpc) is 2.26. The normalized spacial score (nSPS) is 14.1. The van der Waals surface area contributed by atoms with Crippen LogP contribution >= 0.6 is 0 Å². The van der Waals surface area contributed by atoms with Crippen molar-refractivity contribution in [1.82, 2.24) is 4.90 Å². The largest absolute Gasteiger partial charge is 1.00 e. The Morgan fingerprint density at radius 1 is 1.33 bits per heavy atom. The molecule has 1 aliphatic heterocycles. The summed E-state index contributed by atoms with van der Waals surface area (Å²) in [6.45, 7) is 8.19. The maximum absolute atomic E-state index is 11.9. The Labute approximate surface area is 121 Å². The van der Waals surface area contributed by atoms with Gasteiger partial charge in [-0.2, -0.15) is 11.6 Å². The van der Waals surface area contributed by atoms with Crippen molar-refractivity contribution in [3.8, 4) is 0 Å². The first kappa shape index (κ1) is 15.0. The molecule has 0 spiro atoms. The molecular weight excluding hydrogens is 221 g/mol. The van der Waals surface area contributed by atoms with Crippen molar-refractivity contribution in [2.75, 3.05) is 6.54 Å². The molecule has 1 aromatic rings. The van der Waals surface area contributed by atoms with Gasteiger partial charge in [-0.05, 0) is 20.8 Å². The SMILES string of the molecule is CC(C)(C)OC(=O)N1[CH-]c2ccccc2CC1.[Li+]. The first-order valence-electron chi connectivity index (χ1n) is 5.88. The number of carbonyl (C=O) groups is 1. The molecule has 92 valence electrons. The molecule has 0 saturated heterocycles. The monoisotopic (exact) mass is 239 g/mol. The molecule has 0 fully saturated rings. The molecule has 1 amide bonds. The fourth-order valence-electron chi connectivity index (χ4n) is 1.83. The second kappa shape index (κ2) is 5.73. The number of ether oxygens (including phenoxy) is 1. The van der Waals surface area contributed by atoms with Gasteiger partial charge in [0.2, 0.25) is 0 Å². The maximum atomic E-state index is 11.9. The van der Waals surface area contributed by atoms with E-state index in [1.54, 1.807) is 4.90 Å². The molecule has 0 saturated carbocycles. The summed E-state index contributed by atoms with van der Waals surface area (Å²) in [6, 6.07) is 8.12. The van der Waals surface area contributed by atoms with Gasteiger partial charge in [-0.25, -0.2) is 4.79 Å². The molecule has 18 heavy (non-hydrogen) atoms. The zero-order valence-electron chi connectivity index (χ0n) is 11.6. The Morgan fingerprint density at radius 2 is 2.00 bits per heavy atom. The van der Waals surface area contributed by atoms with E-state index in [9.17, 15) is 4.79 Å². The molecule has 0 atom stereocenters. The topological polar surface area (TPSA) is 29.5 Å². The molecule has 1 aliphatic rings. The Morgan fingerprint density at radius 3 is 2.67 bits per heavy atom. The van der Waals surface area contributed by atoms with E-state index in [1.165, 1.54) is 5.56 Å². The van der Waals surface area contributed by atoms with Crippen LogP contribution in [0.5, 0.6) is 0 Å². The van der Waals surface area contributed by atoms with Gasteiger partial charge in [0.1, 0.15) is 5.60 Å². The van der Waals surface area contributed by atoms with E-state index >= 15 is 0 Å². The van der Waals surface area contributed by atoms with Crippen LogP contribution in [0.15, 0.2) is 24.3 Å². The van der Waals surface area contributed by atoms with Crippen molar-refractivity contribution >= 4 is 6.09 Å². The minimum Gasteiger partial charge on any atom is -0.444 e. The Bertz CT molecular complexity index is 426. The first-order valence-corrected chi connectivity index (χ1v) is 5.88. The van der Waals surface area contributed by atoms with Crippen molar-refractivity contribution in [2.45, 2.75) is 32.8 Å². The summed E-state index contributed by atoms with van der Waals surface area (Å²) < 4.78 is 5.35. The van der Waals surface area contributed by atoms with E-state index in [0.717, 1.165) is 12.0 Å². The van der Waals surface area contributed by atoms with Crippen LogP contribution in [0.3, 0.4) is 0 Å². The minimum atomic E-state index is -0.443. The zero-order chi connectivity index (χ0) is 12.5. The number of amides is 1. The number of benzene rings is 1. The van der Waals surface area contributed by atoms with Gasteiger partial charge in [0, 0.05) is 6.54 Å². The molecule has 0 unspecified atom stereocenters. The quantitative estimate of drug-likeness (QED) is 0.471. The number of hydrogen-bond acceptors (Lipinski definition) is 2. The van der Waals surface area contributed by atoms with Crippen LogP contribution in [0.4, 0.5) is 4.79 Å². The standard InChI is InChI=1S/C14H18NO2.Li/c1-14(2,3)17-13(16)15-9-8-11-6-4-5-7-12(11)10-15;/h4-7,10H,8-9H2,1-3H3;/q-1;+1. The first-order chi connectivity index (χ1) is 7.96. The average molecular weight is 239 g/mol. The second-order valence-electron chi connectivity index (χ2n) is 5.25. The summed E-state index contributed by atoms with van der Waals surface area (Å²) in [4.78, 5) is 13.5. The maximum Gasteiger partial charge on any atom is 1.00 e. The van der Waals surface area contributed by atoms with Crippen LogP contribution < -0.4 is 18.9 Å². The van der Waals surface area contributed by atoms with E-state index in [1.807, 2.05) is 45.5 Å². The molecule has 0 bridgehead atoms. The number of nitrogens with zero attached hydrogens (tertiary/aromatic N) is 1. The van der Waals surface area contributed by atoms with Gasteiger partial charge in [-0.15, -0.1) is 17.7 Å². The van der Waals surface area contributed by atoms with Gasteiger partial charge in [-0.3, -0.25) is 0 Å². The van der Waals surface area contributed by atoms with Crippen LogP contribution in [-0.4, -0.2) is 23.1 Å². The van der Waals surface area contributed by atoms with Crippen molar-refractivity contribution in [3.05, 3.63) is 41.9 Å². The predicted octanol–water partition coefficient (Wildman–Crippen LogP) is -0.00631. The second-order valence-corrected chi connectivity index (χ2v) is 5.25. The molecule has 0 aliphatic carbocycles. The van der Waals surface area contributed by atoms with Gasteiger partial charge in [0.05, 0.1) is 0 Å². The van der Waals surface area contributed by atoms with Gasteiger partial charge in [0.25, 0.3) is 0 Å². The van der Waals surface area contributed by atoms with Crippen molar-refractivity contribution in [3.63, 3.8) is 0 Å². The van der Waals surface area contributed by atoms with E-state index < -0.39 is 5.60 Å². The van der Waals surface area contributed by atoms with Crippen LogP contribution in [0.2, 0.25) is 0 Å². The van der Waals surface area contributed by atoms with E-state index in [2.05, 4.69) is 6.07 Å². The third-order valence-corrected chi connectivity index (χ3v) is 2.60. The molecule has 0 N–H and O–H groups in total. The Kier molecular flexibility index (Phi) is 4.78. The van der Waals surface area contributed by atoms with Gasteiger partial charge >= 0.3 is 25.0 Å².